The predicted octanol–water partition coefficient (Wildman–Crippen LogP) is 7.02. The van der Waals surface area contributed by atoms with E-state index >= 15 is 0 Å². The third kappa shape index (κ3) is 12.6. The highest BCUT2D eigenvalue weighted by Gasteiger charge is 2.48. The van der Waals surface area contributed by atoms with Crippen molar-refractivity contribution in [1.82, 2.24) is 45.0 Å². The fourth-order valence-electron chi connectivity index (χ4n) is 10.5. The molecule has 6 heterocycles. The van der Waals surface area contributed by atoms with Gasteiger partial charge in [0.2, 0.25) is 17.7 Å². The highest BCUT2D eigenvalue weighted by Crippen LogP contribution is 2.44. The van der Waals surface area contributed by atoms with Gasteiger partial charge in [0.05, 0.1) is 34.8 Å². The first-order valence-corrected chi connectivity index (χ1v) is 26.4. The molecule has 2 radical (unpaired) electrons. The number of likely N-dealkylation sites (N-methyl/N-ethyl adjacent to an activating group) is 1. The average Bonchev–Trinajstić information content (AvgIpc) is 3.93. The lowest BCUT2D eigenvalue weighted by Crippen LogP contribution is -2.67. The van der Waals surface area contributed by atoms with Crippen LogP contribution in [0, 0.1) is 16.7 Å². The van der Waals surface area contributed by atoms with E-state index in [1.165, 1.54) is 45.1 Å². The highest BCUT2D eigenvalue weighted by molar-refractivity contribution is 7.10. The largest absolute Gasteiger partial charge is 0.467 e. The molecule has 3 aliphatic rings. The summed E-state index contributed by atoms with van der Waals surface area (Å²) in [5.41, 5.74) is 5.53. The fraction of sp³-hybridized carbons (Fsp3) is 0.558. The minimum atomic E-state index is -4.61. The molecule has 22 heteroatoms. The lowest BCUT2D eigenvalue weighted by atomic mass is 9.72. The van der Waals surface area contributed by atoms with E-state index in [9.17, 15) is 41.5 Å². The zero-order valence-electron chi connectivity index (χ0n) is 43.1. The number of hydrazine groups is 1. The maximum absolute atomic E-state index is 14.7. The summed E-state index contributed by atoms with van der Waals surface area (Å²) in [5.74, 6) is -1.55. The molecule has 3 aliphatic heterocycles. The number of carbonyl (C=O) groups is 5. The molecule has 1 aromatic carbocycles. The number of nitrogens with one attached hydrogen (secondary N) is 2. The monoisotopic (exact) mass is 1060 g/mol. The Labute approximate surface area is 441 Å². The standard InChI is InChI=1S/C52H66F4N9O7S.Al/c1-33(2)45(61(6)49(70)62-22-16-51(17-23-62)28-63(29-51)43(67)13-10-18-53)47(68)60-39(48(69)65-21-9-8-20-58-65)25-42-59-40(27-73-42)35-14-15-41-37(24-35)38(26-50(4,5)31-72-32-66)46(64(41)30-52(54,55)56)36-12-11-19-57-44(36)34(3)71-7;/h10-15,19,24,27,32-34,45,58H,8-9,16-18,20-23,25-26,28-31H2,1-7H3,(H,60,68);/b13-10+;/t34-,45-;/m0./s1. The van der Waals surface area contributed by atoms with E-state index in [2.05, 4.69) is 32.0 Å². The number of halogens is 4. The number of urea groups is 1. The number of ether oxygens (including phenoxy) is 2. The van der Waals surface area contributed by atoms with Crippen LogP contribution < -0.4 is 10.7 Å². The van der Waals surface area contributed by atoms with Crippen molar-refractivity contribution in [2.75, 3.05) is 66.7 Å². The predicted molar refractivity (Wildman–Crippen MR) is 273 cm³/mol. The Morgan fingerprint density at radius 1 is 1.04 bits per heavy atom. The van der Waals surface area contributed by atoms with Crippen LogP contribution in [0.25, 0.3) is 33.4 Å². The second-order valence-electron chi connectivity index (χ2n) is 21.0. The Morgan fingerprint density at radius 3 is 2.41 bits per heavy atom. The number of likely N-dealkylation sites (tertiary alicyclic amines) is 2. The van der Waals surface area contributed by atoms with Gasteiger partial charge in [-0.15, -0.1) is 11.3 Å². The van der Waals surface area contributed by atoms with Crippen molar-refractivity contribution >= 4 is 68.8 Å². The van der Waals surface area contributed by atoms with Crippen LogP contribution in [0.5, 0.6) is 0 Å². The van der Waals surface area contributed by atoms with Crippen LogP contribution in [0.15, 0.2) is 54.1 Å². The second kappa shape index (κ2) is 23.2. The second-order valence-corrected chi connectivity index (χ2v) is 22.9. The van der Waals surface area contributed by atoms with Gasteiger partial charge in [-0.05, 0) is 80.9 Å². The molecule has 7 rings (SSSR count). The van der Waals surface area contributed by atoms with Crippen molar-refractivity contribution < 1.29 is 51.0 Å². The summed E-state index contributed by atoms with van der Waals surface area (Å²) in [6.45, 7) is 10.4. The van der Waals surface area contributed by atoms with Crippen LogP contribution >= 0.6 is 11.3 Å². The Bertz CT molecular complexity index is 2710. The number of nitrogens with zero attached hydrogens (tertiary/aromatic N) is 7. The van der Waals surface area contributed by atoms with Gasteiger partial charge in [0.1, 0.15) is 19.3 Å². The van der Waals surface area contributed by atoms with Gasteiger partial charge in [0.15, 0.2) is 16.3 Å². The number of hydrogen-bond donors (Lipinski definition) is 2. The number of piperidine rings is 1. The molecule has 0 bridgehead atoms. The van der Waals surface area contributed by atoms with Crippen molar-refractivity contribution in [2.24, 2.45) is 16.7 Å². The molecule has 5 amide bonds. The van der Waals surface area contributed by atoms with Crippen LogP contribution in [0.2, 0.25) is 0 Å². The number of aromatic nitrogens is 3. The topological polar surface area (TPSA) is 172 Å². The SMILES string of the molecule is CO[C@@H](C)c1ncccc1-c1c(CC(C)(C)COC=O)c2cc(-c3csc(C[C@]([Al])(NC(=O)[C@H](C(C)C)N(C)C(=O)N4CCC5(CC4)CN(C(=O)/C=C/CF)C5)C(=O)N4CCCCN4)n3)ccc2n1CC(F)(F)F. The van der Waals surface area contributed by atoms with E-state index in [1.807, 2.05) is 33.8 Å². The molecule has 2 N–H and O–H groups in total. The number of alkyl halides is 4. The highest BCUT2D eigenvalue weighted by atomic mass is 32.1. The average molecular weight is 1060 g/mol. The van der Waals surface area contributed by atoms with E-state index in [0.29, 0.717) is 108 Å². The van der Waals surface area contributed by atoms with Crippen molar-refractivity contribution in [3.8, 4) is 22.5 Å². The molecule has 3 fully saturated rings. The molecule has 0 saturated carbocycles. The number of allylic oxidation sites excluding steroid dienone is 1. The molecule has 398 valence electrons. The van der Waals surface area contributed by atoms with Crippen LogP contribution in [0.1, 0.15) is 82.7 Å². The number of amides is 5. The molecular weight excluding hydrogens is 998 g/mol. The van der Waals surface area contributed by atoms with Crippen LogP contribution in [0.4, 0.5) is 22.4 Å². The number of fused-ring (bicyclic) bond motifs is 1. The molecular formula is C52H66AlF4N9O7S. The molecule has 74 heavy (non-hydrogen) atoms. The molecule has 4 aromatic rings. The summed E-state index contributed by atoms with van der Waals surface area (Å²) < 4.78 is 67.0. The molecule has 16 nitrogen and oxygen atoms in total. The first kappa shape index (κ1) is 56.3. The number of thiazole rings is 1. The molecule has 1 spiro atoms. The summed E-state index contributed by atoms with van der Waals surface area (Å²) in [5, 5.41) is 7.36. The summed E-state index contributed by atoms with van der Waals surface area (Å²) in [6.07, 6.45) is 1.92. The van der Waals surface area contributed by atoms with Gasteiger partial charge in [-0.2, -0.15) is 13.2 Å². The first-order chi connectivity index (χ1) is 35.0. The van der Waals surface area contributed by atoms with Gasteiger partial charge in [0.25, 0.3) is 6.47 Å². The molecule has 0 unspecified atom stereocenters. The minimum Gasteiger partial charge on any atom is -0.467 e. The van der Waals surface area contributed by atoms with Gasteiger partial charge in [-0.3, -0.25) is 29.2 Å². The summed E-state index contributed by atoms with van der Waals surface area (Å²) in [6, 6.07) is 7.26. The van der Waals surface area contributed by atoms with Crippen LogP contribution in [-0.4, -0.2) is 164 Å². The number of methoxy groups -OCH3 is 1. The zero-order chi connectivity index (χ0) is 53.8. The van der Waals surface area contributed by atoms with Crippen molar-refractivity contribution in [1.29, 1.82) is 0 Å². The Balaban J connectivity index is 1.19. The van der Waals surface area contributed by atoms with E-state index < -0.39 is 53.2 Å². The summed E-state index contributed by atoms with van der Waals surface area (Å²) >= 11 is 3.82. The van der Waals surface area contributed by atoms with Gasteiger partial charge < -0.3 is 34.1 Å². The lowest BCUT2D eigenvalue weighted by molar-refractivity contribution is -0.143. The number of benzene rings is 1. The Kier molecular flexibility index (Phi) is 17.7. The van der Waals surface area contributed by atoms with Crippen molar-refractivity contribution in [2.45, 2.75) is 102 Å². The molecule has 3 aromatic heterocycles. The van der Waals surface area contributed by atoms with Crippen molar-refractivity contribution in [3.05, 3.63) is 70.3 Å². The summed E-state index contributed by atoms with van der Waals surface area (Å²) in [4.78, 5) is 81.5. The maximum atomic E-state index is 14.7. The van der Waals surface area contributed by atoms with Gasteiger partial charge in [-0.1, -0.05) is 33.8 Å². The third-order valence-electron chi connectivity index (χ3n) is 14.3. The molecule has 3 atom stereocenters. The molecule has 0 aliphatic carbocycles. The van der Waals surface area contributed by atoms with Crippen molar-refractivity contribution in [3.63, 3.8) is 0 Å². The number of hydrogen-bond acceptors (Lipinski definition) is 11. The quantitative estimate of drug-likeness (QED) is 0.0431. The first-order valence-electron chi connectivity index (χ1n) is 24.9. The fourth-order valence-corrected chi connectivity index (χ4v) is 12.1. The van der Waals surface area contributed by atoms with Gasteiger partial charge in [0, 0.05) is 115 Å². The number of pyridine rings is 1. The van der Waals surface area contributed by atoms with Crippen LogP contribution in [0.3, 0.4) is 0 Å². The molecule has 3 saturated heterocycles. The van der Waals surface area contributed by atoms with E-state index in [1.54, 1.807) is 59.6 Å². The van der Waals surface area contributed by atoms with E-state index in [-0.39, 0.29) is 42.7 Å². The Morgan fingerprint density at radius 2 is 1.77 bits per heavy atom. The number of rotatable bonds is 19. The van der Waals surface area contributed by atoms with Crippen LogP contribution in [-0.2, 0) is 48.0 Å². The summed E-state index contributed by atoms with van der Waals surface area (Å²) in [7, 11) is 3.09. The van der Waals surface area contributed by atoms with Gasteiger partial charge in [-0.25, -0.2) is 19.6 Å². The maximum Gasteiger partial charge on any atom is 0.406 e. The normalized spacial score (nSPS) is 17.8. The van der Waals surface area contributed by atoms with Gasteiger partial charge >= 0.3 is 12.2 Å². The van der Waals surface area contributed by atoms with E-state index in [0.717, 1.165) is 12.8 Å². The smallest absolute Gasteiger partial charge is 0.406 e. The minimum absolute atomic E-state index is 0.00187. The lowest BCUT2D eigenvalue weighted by Gasteiger charge is -2.54. The Hall–Kier alpha value is -5.40. The number of carbonyl (C=O) groups excluding carboxylic acids is 5. The zero-order valence-corrected chi connectivity index (χ0v) is 45.1. The third-order valence-corrected chi connectivity index (χ3v) is 15.8. The van der Waals surface area contributed by atoms with E-state index in [4.69, 9.17) is 14.5 Å².